The Kier molecular flexibility index (Phi) is 4.82. The van der Waals surface area contributed by atoms with Crippen molar-refractivity contribution >= 4 is 28.8 Å². The first-order valence-corrected chi connectivity index (χ1v) is 9.55. The lowest BCUT2D eigenvalue weighted by Gasteiger charge is -2.14. The molecule has 0 saturated carbocycles. The zero-order valence-corrected chi connectivity index (χ0v) is 16.3. The topological polar surface area (TPSA) is 93.9 Å². The standard InChI is InChI=1S/C22H21NO6/c1-12-7-8-15-14(9-18(24)29-20(15)13(12)2)11-28-19(25)10-23-21(26)16-5-3-4-6-17(16)22(23)27/h3-4,7-9,16-17H,5-6,10-11H2,1-2H3/t16-,17-/m1/s1. The fourth-order valence-corrected chi connectivity index (χ4v) is 4.00. The van der Waals surface area contributed by atoms with Gasteiger partial charge in [-0.1, -0.05) is 24.3 Å². The van der Waals surface area contributed by atoms with Gasteiger partial charge in [0.25, 0.3) is 0 Å². The van der Waals surface area contributed by atoms with Gasteiger partial charge >= 0.3 is 11.6 Å². The van der Waals surface area contributed by atoms with Crippen LogP contribution >= 0.6 is 0 Å². The Morgan fingerprint density at radius 2 is 1.76 bits per heavy atom. The van der Waals surface area contributed by atoms with Gasteiger partial charge in [-0.3, -0.25) is 19.3 Å². The van der Waals surface area contributed by atoms with E-state index < -0.39 is 18.1 Å². The molecule has 0 bridgehead atoms. The number of benzene rings is 1. The van der Waals surface area contributed by atoms with Gasteiger partial charge < -0.3 is 9.15 Å². The maximum absolute atomic E-state index is 12.5. The molecule has 1 aliphatic carbocycles. The summed E-state index contributed by atoms with van der Waals surface area (Å²) in [7, 11) is 0. The second kappa shape index (κ2) is 7.31. The van der Waals surface area contributed by atoms with Crippen LogP contribution < -0.4 is 5.63 Å². The van der Waals surface area contributed by atoms with Crippen molar-refractivity contribution in [3.8, 4) is 0 Å². The number of ether oxygens (including phenoxy) is 1. The van der Waals surface area contributed by atoms with Crippen molar-refractivity contribution in [1.29, 1.82) is 0 Å². The van der Waals surface area contributed by atoms with Gasteiger partial charge in [-0.15, -0.1) is 0 Å². The van der Waals surface area contributed by atoms with Crippen molar-refractivity contribution in [2.24, 2.45) is 11.8 Å². The predicted octanol–water partition coefficient (Wildman–Crippen LogP) is 2.40. The van der Waals surface area contributed by atoms with Crippen molar-refractivity contribution in [2.75, 3.05) is 6.54 Å². The summed E-state index contributed by atoms with van der Waals surface area (Å²) in [4.78, 5) is 50.1. The highest BCUT2D eigenvalue weighted by atomic mass is 16.5. The van der Waals surface area contributed by atoms with Crippen LogP contribution in [0.3, 0.4) is 0 Å². The second-order valence-electron chi connectivity index (χ2n) is 7.55. The number of hydrogen-bond donors (Lipinski definition) is 0. The molecule has 2 aromatic rings. The molecule has 7 nitrogen and oxygen atoms in total. The molecule has 4 rings (SSSR count). The monoisotopic (exact) mass is 395 g/mol. The number of likely N-dealkylation sites (tertiary alicyclic amines) is 1. The summed E-state index contributed by atoms with van der Waals surface area (Å²) in [5.74, 6) is -2.09. The number of esters is 1. The van der Waals surface area contributed by atoms with E-state index in [1.165, 1.54) is 6.07 Å². The van der Waals surface area contributed by atoms with E-state index in [0.717, 1.165) is 16.0 Å². The van der Waals surface area contributed by atoms with E-state index in [0.29, 0.717) is 29.4 Å². The summed E-state index contributed by atoms with van der Waals surface area (Å²) >= 11 is 0. The van der Waals surface area contributed by atoms with E-state index in [4.69, 9.17) is 9.15 Å². The Morgan fingerprint density at radius 3 is 2.41 bits per heavy atom. The molecule has 1 aromatic carbocycles. The first-order valence-electron chi connectivity index (χ1n) is 9.55. The number of imide groups is 1. The number of rotatable bonds is 4. The SMILES string of the molecule is Cc1ccc2c(COC(=O)CN3C(=O)[C@@H]4CC=CC[C@H]4C3=O)cc(=O)oc2c1C. The van der Waals surface area contributed by atoms with Crippen LogP contribution in [-0.4, -0.2) is 29.2 Å². The van der Waals surface area contributed by atoms with Crippen LogP contribution in [0.5, 0.6) is 0 Å². The number of carbonyl (C=O) groups excluding carboxylic acids is 3. The number of amides is 2. The molecule has 1 fully saturated rings. The van der Waals surface area contributed by atoms with Crippen molar-refractivity contribution in [3.05, 3.63) is 57.5 Å². The molecular formula is C22H21NO6. The fourth-order valence-electron chi connectivity index (χ4n) is 4.00. The van der Waals surface area contributed by atoms with Crippen molar-refractivity contribution in [1.82, 2.24) is 4.90 Å². The molecule has 29 heavy (non-hydrogen) atoms. The molecular weight excluding hydrogens is 374 g/mol. The Bertz CT molecular complexity index is 1090. The van der Waals surface area contributed by atoms with E-state index in [9.17, 15) is 19.2 Å². The third-order valence-electron chi connectivity index (χ3n) is 5.79. The van der Waals surface area contributed by atoms with E-state index in [2.05, 4.69) is 0 Å². The molecule has 1 aliphatic heterocycles. The molecule has 150 valence electrons. The predicted molar refractivity (Wildman–Crippen MR) is 104 cm³/mol. The van der Waals surface area contributed by atoms with Crippen LogP contribution in [-0.2, 0) is 25.7 Å². The Balaban J connectivity index is 1.48. The largest absolute Gasteiger partial charge is 0.459 e. The van der Waals surface area contributed by atoms with Crippen molar-refractivity contribution in [2.45, 2.75) is 33.3 Å². The average Bonchev–Trinajstić information content (AvgIpc) is 2.94. The van der Waals surface area contributed by atoms with Crippen LogP contribution in [0.1, 0.15) is 29.5 Å². The van der Waals surface area contributed by atoms with Crippen molar-refractivity contribution < 1.29 is 23.5 Å². The lowest BCUT2D eigenvalue weighted by atomic mass is 9.85. The maximum atomic E-state index is 12.5. The smallest absolute Gasteiger partial charge is 0.336 e. The molecule has 0 unspecified atom stereocenters. The highest BCUT2D eigenvalue weighted by molar-refractivity contribution is 6.07. The lowest BCUT2D eigenvalue weighted by Crippen LogP contribution is -2.36. The van der Waals surface area contributed by atoms with Gasteiger partial charge in [0.2, 0.25) is 11.8 Å². The normalized spacial score (nSPS) is 21.0. The first kappa shape index (κ1) is 19.1. The van der Waals surface area contributed by atoms with Crippen LogP contribution in [0, 0.1) is 25.7 Å². The third-order valence-corrected chi connectivity index (χ3v) is 5.79. The second-order valence-corrected chi connectivity index (χ2v) is 7.55. The van der Waals surface area contributed by atoms with Gasteiger partial charge in [-0.25, -0.2) is 4.79 Å². The summed E-state index contributed by atoms with van der Waals surface area (Å²) in [6, 6.07) is 5.01. The summed E-state index contributed by atoms with van der Waals surface area (Å²) in [6.07, 6.45) is 4.82. The zero-order valence-electron chi connectivity index (χ0n) is 16.3. The summed E-state index contributed by atoms with van der Waals surface area (Å²) in [5, 5.41) is 0.686. The summed E-state index contributed by atoms with van der Waals surface area (Å²) in [5.41, 5.74) is 2.28. The Labute approximate surface area is 166 Å². The number of fused-ring (bicyclic) bond motifs is 2. The van der Waals surface area contributed by atoms with Crippen molar-refractivity contribution in [3.63, 3.8) is 0 Å². The number of hydrogen-bond acceptors (Lipinski definition) is 6. The van der Waals surface area contributed by atoms with Gasteiger partial charge in [0.15, 0.2) is 0 Å². The summed E-state index contributed by atoms with van der Waals surface area (Å²) in [6.45, 7) is 3.21. The molecule has 7 heteroatoms. The van der Waals surface area contributed by atoms with Crippen LogP contribution in [0.2, 0.25) is 0 Å². The van der Waals surface area contributed by atoms with Gasteiger partial charge in [0.05, 0.1) is 11.8 Å². The van der Waals surface area contributed by atoms with Crippen LogP contribution in [0.25, 0.3) is 11.0 Å². The van der Waals surface area contributed by atoms with Gasteiger partial charge in [-0.05, 0) is 37.8 Å². The Morgan fingerprint density at radius 1 is 1.10 bits per heavy atom. The minimum Gasteiger partial charge on any atom is -0.459 e. The number of allylic oxidation sites excluding steroid dienone is 2. The molecule has 1 aromatic heterocycles. The van der Waals surface area contributed by atoms with Gasteiger partial charge in [0, 0.05) is 17.0 Å². The molecule has 1 saturated heterocycles. The third kappa shape index (κ3) is 3.37. The van der Waals surface area contributed by atoms with E-state index >= 15 is 0 Å². The maximum Gasteiger partial charge on any atom is 0.336 e. The van der Waals surface area contributed by atoms with Gasteiger partial charge in [0.1, 0.15) is 18.7 Å². The number of aryl methyl sites for hydroxylation is 2. The fraction of sp³-hybridized carbons (Fsp3) is 0.364. The average molecular weight is 395 g/mol. The molecule has 2 atom stereocenters. The number of carbonyl (C=O) groups is 3. The van der Waals surface area contributed by atoms with Gasteiger partial charge in [-0.2, -0.15) is 0 Å². The minimum atomic E-state index is -0.691. The highest BCUT2D eigenvalue weighted by Gasteiger charge is 2.47. The summed E-state index contributed by atoms with van der Waals surface area (Å²) < 4.78 is 10.6. The number of nitrogens with zero attached hydrogens (tertiary/aromatic N) is 1. The molecule has 0 radical (unpaired) electrons. The first-order chi connectivity index (χ1) is 13.9. The molecule has 2 aliphatic rings. The molecule has 0 spiro atoms. The van der Waals surface area contributed by atoms with Crippen LogP contribution in [0.15, 0.2) is 39.6 Å². The van der Waals surface area contributed by atoms with E-state index in [1.54, 1.807) is 0 Å². The molecule has 0 N–H and O–H groups in total. The lowest BCUT2D eigenvalue weighted by molar-refractivity contribution is -0.153. The molecule has 2 amide bonds. The quantitative estimate of drug-likeness (QED) is 0.342. The highest BCUT2D eigenvalue weighted by Crippen LogP contribution is 2.35. The Hall–Kier alpha value is -3.22. The molecule has 2 heterocycles. The zero-order chi connectivity index (χ0) is 20.7. The van der Waals surface area contributed by atoms with Crippen LogP contribution in [0.4, 0.5) is 0 Å². The van der Waals surface area contributed by atoms with E-state index in [1.807, 2.05) is 38.1 Å². The van der Waals surface area contributed by atoms with E-state index in [-0.39, 0.29) is 30.3 Å². The minimum absolute atomic E-state index is 0.145.